The van der Waals surface area contributed by atoms with Gasteiger partial charge in [0.05, 0.1) is 55.8 Å². The molecule has 12 atom stereocenters. The number of hydrogen-bond donors (Lipinski definition) is 5. The van der Waals surface area contributed by atoms with Crippen molar-refractivity contribution in [3.05, 3.63) is 134 Å². The van der Waals surface area contributed by atoms with Gasteiger partial charge in [-0.1, -0.05) is 47.5 Å². The van der Waals surface area contributed by atoms with E-state index in [4.69, 9.17) is 79.7 Å². The lowest BCUT2D eigenvalue weighted by Gasteiger charge is -2.33. The van der Waals surface area contributed by atoms with Crippen LogP contribution in [0.1, 0.15) is 54.9 Å². The monoisotopic (exact) mass is 1200 g/mol. The van der Waals surface area contributed by atoms with E-state index < -0.39 is 107 Å². The fourth-order valence-electron chi connectivity index (χ4n) is 9.02. The summed E-state index contributed by atoms with van der Waals surface area (Å²) in [4.78, 5) is 52.1. The van der Waals surface area contributed by atoms with Crippen LogP contribution in [0.5, 0.6) is 17.2 Å². The van der Waals surface area contributed by atoms with Gasteiger partial charge in [0.2, 0.25) is 5.34 Å². The van der Waals surface area contributed by atoms with E-state index in [9.17, 15) is 38.8 Å². The first-order valence-corrected chi connectivity index (χ1v) is 28.6. The molecule has 432 valence electrons. The van der Waals surface area contributed by atoms with Crippen LogP contribution in [0.15, 0.2) is 107 Å². The van der Waals surface area contributed by atoms with E-state index in [0.717, 1.165) is 23.3 Å². The number of carbonyl (C=O) groups is 1. The molecule has 0 saturated carbocycles. The number of rotatable bonds is 21. The number of aromatic amines is 1. The minimum absolute atomic E-state index is 0.0126. The zero-order chi connectivity index (χ0) is 57.3. The third-order valence-electron chi connectivity index (χ3n) is 13.0. The smallest absolute Gasteiger partial charge is 0.497 e. The number of H-pyrrole nitrogens is 1. The number of phosphoric ester groups is 1. The standard InChI is InChI=1S/C31H32ClN6O10P.C19H22ClN2O9P/c1-42-20-11-9-19(10-12-20)30(40)37-28-25-29(35-17-34-28)38(18-36-25)31-27(46-24-8-4-14-43-24)26(23(16-39)45-31)48-49(41,44-15-5-13-33)47-22-7-3-2-6-21(22)32;20-11-4-1-2-5-12(11)31-32(27)19(26)13(10-23)29-17(16(19)30-15-6-3-9-28-15)22-8-7-14(24)21-18(22)25/h2-3,6-7,9-12,17-18,23-24,26-27,31,39H,4-5,8,14-16H2,1H3,(H,34,35,37,40);1-2,4-5,7-8,13,15-17,23,26,32H,3,6,9-10H2,(H,21,24,25)/t23-,24?,26-,27-,31-,49?;13-,15?,16+,17-,19+/m11/s1. The predicted molar refractivity (Wildman–Crippen MR) is 284 cm³/mol. The lowest BCUT2D eigenvalue weighted by atomic mass is 10.1. The van der Waals surface area contributed by atoms with Gasteiger partial charge >= 0.3 is 13.5 Å². The molecule has 5 N–H and O–H groups in total. The number of imidazole rings is 1. The Morgan fingerprint density at radius 1 is 0.901 bits per heavy atom. The molecule has 0 aliphatic carbocycles. The molecule has 10 rings (SSSR count). The number of benzene rings is 3. The van der Waals surface area contributed by atoms with E-state index in [1.54, 1.807) is 48.5 Å². The van der Waals surface area contributed by atoms with Crippen LogP contribution < -0.4 is 30.4 Å². The van der Waals surface area contributed by atoms with E-state index in [0.29, 0.717) is 43.8 Å². The Labute approximate surface area is 470 Å². The van der Waals surface area contributed by atoms with Crippen molar-refractivity contribution in [1.82, 2.24) is 29.1 Å². The van der Waals surface area contributed by atoms with Gasteiger partial charge in [0.1, 0.15) is 54.1 Å². The van der Waals surface area contributed by atoms with Crippen molar-refractivity contribution in [1.29, 1.82) is 5.26 Å². The summed E-state index contributed by atoms with van der Waals surface area (Å²) in [5.41, 5.74) is -0.616. The molecule has 4 saturated heterocycles. The van der Waals surface area contributed by atoms with Crippen molar-refractivity contribution in [2.75, 3.05) is 45.5 Å². The summed E-state index contributed by atoms with van der Waals surface area (Å²) in [6.45, 7) is -0.735. The fourth-order valence-corrected chi connectivity index (χ4v) is 12.3. The lowest BCUT2D eigenvalue weighted by molar-refractivity contribution is -0.188. The van der Waals surface area contributed by atoms with Crippen LogP contribution in [-0.4, -0.2) is 139 Å². The summed E-state index contributed by atoms with van der Waals surface area (Å²) in [6.07, 6.45) is -3.98. The van der Waals surface area contributed by atoms with Crippen molar-refractivity contribution in [3.63, 3.8) is 0 Å². The minimum Gasteiger partial charge on any atom is -0.497 e. The number of aromatic nitrogens is 6. The van der Waals surface area contributed by atoms with Gasteiger partial charge in [-0.05, 0) is 61.4 Å². The number of carbonyl (C=O) groups excluding carboxylic acids is 1. The number of fused-ring (bicyclic) bond motifs is 1. The Balaban J connectivity index is 0.000000214. The van der Waals surface area contributed by atoms with Crippen molar-refractivity contribution >= 4 is 61.9 Å². The average Bonchev–Trinajstić information content (AvgIpc) is 4.44. The molecule has 6 aromatic rings. The molecule has 3 aromatic carbocycles. The number of aliphatic hydroxyl groups excluding tert-OH is 2. The first kappa shape index (κ1) is 59.5. The summed E-state index contributed by atoms with van der Waals surface area (Å²) in [7, 11) is -6.49. The van der Waals surface area contributed by atoms with Gasteiger partial charge in [-0.2, -0.15) is 5.26 Å². The predicted octanol–water partition coefficient (Wildman–Crippen LogP) is 5.50. The zero-order valence-corrected chi connectivity index (χ0v) is 46.2. The lowest BCUT2D eigenvalue weighted by Crippen LogP contribution is -2.50. The first-order valence-electron chi connectivity index (χ1n) is 25.1. The topological polar surface area (TPSA) is 348 Å². The van der Waals surface area contributed by atoms with Gasteiger partial charge in [0, 0.05) is 43.9 Å². The number of para-hydroxylation sites is 2. The van der Waals surface area contributed by atoms with Crippen LogP contribution in [0, 0.1) is 11.3 Å². The number of halogens is 2. The highest BCUT2D eigenvalue weighted by Gasteiger charge is 2.63. The van der Waals surface area contributed by atoms with Crippen LogP contribution in [0.4, 0.5) is 5.82 Å². The molecule has 31 heteroatoms. The van der Waals surface area contributed by atoms with Gasteiger partial charge in [0.15, 0.2) is 42.0 Å². The van der Waals surface area contributed by atoms with Crippen LogP contribution in [-0.2, 0) is 46.6 Å². The quantitative estimate of drug-likeness (QED) is 0.0439. The van der Waals surface area contributed by atoms with Crippen LogP contribution in [0.3, 0.4) is 0 Å². The highest BCUT2D eigenvalue weighted by atomic mass is 35.5. The molecule has 0 spiro atoms. The number of hydrogen-bond acceptors (Lipinski definition) is 23. The highest BCUT2D eigenvalue weighted by Crippen LogP contribution is 2.56. The number of anilines is 1. The van der Waals surface area contributed by atoms with Gasteiger partial charge < -0.3 is 62.8 Å². The van der Waals surface area contributed by atoms with Crippen molar-refractivity contribution in [2.45, 2.75) is 93.0 Å². The van der Waals surface area contributed by atoms with E-state index in [1.807, 2.05) is 6.07 Å². The summed E-state index contributed by atoms with van der Waals surface area (Å²) in [6, 6.07) is 22.1. The zero-order valence-electron chi connectivity index (χ0n) is 42.8. The molecule has 7 heterocycles. The number of nitrogens with zero attached hydrogens (tertiary/aromatic N) is 6. The SMILES string of the molecule is COc1ccc(C(=O)Nc2ncnc3c2ncn3[C@@H]2O[C@H](CO)[C@@H](OP(=O)(OCCC#N)Oc3ccccc3Cl)[C@H]2OC2CCCO2)cc1.O=c1ccn([C@@H]2O[C@H](CO)[C@](O)([PH](=O)Oc3ccccc3Cl)[C@H]2OC2CCCO2)c(=O)[nH]1. The molecular formula is C50H54Cl2N8O19P2. The second-order valence-corrected chi connectivity index (χ2v) is 22.1. The molecular weight excluding hydrogens is 1150 g/mol. The molecule has 3 aromatic heterocycles. The summed E-state index contributed by atoms with van der Waals surface area (Å²) in [5, 5.41) is 41.7. The second kappa shape index (κ2) is 26.8. The van der Waals surface area contributed by atoms with E-state index >= 15 is 0 Å². The molecule has 4 aliphatic heterocycles. The molecule has 4 unspecified atom stereocenters. The van der Waals surface area contributed by atoms with Crippen molar-refractivity contribution in [2.24, 2.45) is 0 Å². The van der Waals surface area contributed by atoms with E-state index in [1.165, 1.54) is 48.6 Å². The van der Waals surface area contributed by atoms with Gasteiger partial charge in [-0.25, -0.2) is 24.3 Å². The highest BCUT2D eigenvalue weighted by molar-refractivity contribution is 7.49. The number of nitrogens with one attached hydrogen (secondary N) is 2. The Morgan fingerprint density at radius 2 is 1.59 bits per heavy atom. The molecule has 27 nitrogen and oxygen atoms in total. The Morgan fingerprint density at radius 3 is 2.22 bits per heavy atom. The maximum absolute atomic E-state index is 14.2. The Hall–Kier alpha value is -6.15. The molecule has 1 amide bonds. The maximum Gasteiger partial charge on any atom is 0.530 e. The van der Waals surface area contributed by atoms with Crippen LogP contribution in [0.2, 0.25) is 10.0 Å². The average molecular weight is 1200 g/mol. The van der Waals surface area contributed by atoms with E-state index in [-0.39, 0.29) is 51.6 Å². The molecule has 0 bridgehead atoms. The maximum atomic E-state index is 14.2. The largest absolute Gasteiger partial charge is 0.530 e. The third-order valence-corrected chi connectivity index (χ3v) is 16.7. The first-order chi connectivity index (χ1) is 39.2. The number of aliphatic hydroxyl groups is 3. The number of methoxy groups -OCH3 is 1. The summed E-state index contributed by atoms with van der Waals surface area (Å²) in [5.74, 6) is 0.366. The molecule has 0 radical (unpaired) electrons. The third kappa shape index (κ3) is 13.5. The number of amides is 1. The van der Waals surface area contributed by atoms with Gasteiger partial charge in [-0.15, -0.1) is 0 Å². The Bertz CT molecular complexity index is 3380. The normalized spacial score (nSPS) is 26.3. The van der Waals surface area contributed by atoms with Gasteiger partial charge in [-0.3, -0.25) is 37.3 Å². The summed E-state index contributed by atoms with van der Waals surface area (Å²) < 4.78 is 93.4. The number of nitriles is 1. The van der Waals surface area contributed by atoms with Crippen molar-refractivity contribution in [3.8, 4) is 23.3 Å². The molecule has 4 fully saturated rings. The number of phosphoric acid groups is 1. The molecule has 81 heavy (non-hydrogen) atoms. The molecule has 4 aliphatic rings. The Kier molecular flexibility index (Phi) is 19.7. The number of ether oxygens (including phenoxy) is 7. The van der Waals surface area contributed by atoms with Gasteiger partial charge in [0.25, 0.3) is 19.5 Å². The summed E-state index contributed by atoms with van der Waals surface area (Å²) >= 11 is 12.4. The van der Waals surface area contributed by atoms with Crippen LogP contribution >= 0.6 is 39.1 Å². The van der Waals surface area contributed by atoms with Crippen LogP contribution in [0.25, 0.3) is 11.2 Å². The minimum atomic E-state index is -4.54. The second-order valence-electron chi connectivity index (χ2n) is 18.2. The fraction of sp³-hybridized carbons (Fsp3) is 0.420. The van der Waals surface area contributed by atoms with Crippen molar-refractivity contribution < 1.29 is 80.5 Å². The van der Waals surface area contributed by atoms with E-state index in [2.05, 4.69) is 25.3 Å².